The Bertz CT molecular complexity index is 1090. The molecule has 2 heterocycles. The monoisotopic (exact) mass is 387 g/mol. The van der Waals surface area contributed by atoms with Gasteiger partial charge in [-0.25, -0.2) is 14.8 Å². The molecule has 0 fully saturated rings. The summed E-state index contributed by atoms with van der Waals surface area (Å²) in [6, 6.07) is 16.7. The number of aromatic nitrogens is 7. The molecule has 0 spiro atoms. The summed E-state index contributed by atoms with van der Waals surface area (Å²) < 4.78 is 2.05. The van der Waals surface area contributed by atoms with Crippen molar-refractivity contribution in [3.05, 3.63) is 65.7 Å². The molecular formula is C22H25N7. The molecule has 29 heavy (non-hydrogen) atoms. The van der Waals surface area contributed by atoms with E-state index in [0.29, 0.717) is 5.82 Å². The molecule has 4 rings (SSSR count). The predicted octanol–water partition coefficient (Wildman–Crippen LogP) is 4.03. The SMILES string of the molecule is CCc1nc(Cc2ccc(-c3ccccc3-c3nnn[nH]3)cc2)n(C(C)(C)C)n1. The average Bonchev–Trinajstić information content (AvgIpc) is 3.38. The van der Waals surface area contributed by atoms with Crippen LogP contribution in [0, 0.1) is 0 Å². The third-order valence-corrected chi connectivity index (χ3v) is 4.82. The normalized spacial score (nSPS) is 11.7. The molecule has 0 aliphatic carbocycles. The Morgan fingerprint density at radius 3 is 2.31 bits per heavy atom. The van der Waals surface area contributed by atoms with Crippen molar-refractivity contribution in [1.29, 1.82) is 0 Å². The highest BCUT2D eigenvalue weighted by atomic mass is 15.5. The van der Waals surface area contributed by atoms with Crippen molar-refractivity contribution in [3.63, 3.8) is 0 Å². The molecule has 1 N–H and O–H groups in total. The van der Waals surface area contributed by atoms with Crippen molar-refractivity contribution in [2.24, 2.45) is 0 Å². The highest BCUT2D eigenvalue weighted by molar-refractivity contribution is 5.80. The maximum absolute atomic E-state index is 4.74. The minimum absolute atomic E-state index is 0.0975. The van der Waals surface area contributed by atoms with E-state index in [9.17, 15) is 0 Å². The molecular weight excluding hydrogens is 362 g/mol. The van der Waals surface area contributed by atoms with Gasteiger partial charge in [0.05, 0.1) is 5.54 Å². The highest BCUT2D eigenvalue weighted by Gasteiger charge is 2.20. The van der Waals surface area contributed by atoms with Gasteiger partial charge < -0.3 is 0 Å². The van der Waals surface area contributed by atoms with Gasteiger partial charge in [-0.05, 0) is 47.9 Å². The summed E-state index contributed by atoms with van der Waals surface area (Å²) in [5.74, 6) is 2.55. The summed E-state index contributed by atoms with van der Waals surface area (Å²) in [5.41, 5.74) is 4.29. The van der Waals surface area contributed by atoms with Gasteiger partial charge >= 0.3 is 0 Å². The van der Waals surface area contributed by atoms with Crippen LogP contribution in [0.25, 0.3) is 22.5 Å². The van der Waals surface area contributed by atoms with Gasteiger partial charge in [0.1, 0.15) is 5.82 Å². The first-order chi connectivity index (χ1) is 14.0. The smallest absolute Gasteiger partial charge is 0.180 e. The lowest BCUT2D eigenvalue weighted by Gasteiger charge is -2.21. The number of hydrogen-bond acceptors (Lipinski definition) is 5. The topological polar surface area (TPSA) is 85.2 Å². The molecule has 0 atom stereocenters. The summed E-state index contributed by atoms with van der Waals surface area (Å²) in [6.07, 6.45) is 1.58. The first-order valence-corrected chi connectivity index (χ1v) is 9.83. The maximum atomic E-state index is 4.74. The summed E-state index contributed by atoms with van der Waals surface area (Å²) in [4.78, 5) is 4.74. The van der Waals surface area contributed by atoms with Crippen molar-refractivity contribution in [1.82, 2.24) is 35.4 Å². The lowest BCUT2D eigenvalue weighted by Crippen LogP contribution is -2.25. The second-order valence-electron chi connectivity index (χ2n) is 8.05. The fraction of sp³-hybridized carbons (Fsp3) is 0.318. The number of rotatable bonds is 5. The van der Waals surface area contributed by atoms with Crippen LogP contribution in [0.5, 0.6) is 0 Å². The number of aromatic amines is 1. The van der Waals surface area contributed by atoms with Crippen LogP contribution in [0.15, 0.2) is 48.5 Å². The van der Waals surface area contributed by atoms with Crippen molar-refractivity contribution >= 4 is 0 Å². The zero-order valence-electron chi connectivity index (χ0n) is 17.2. The quantitative estimate of drug-likeness (QED) is 0.559. The van der Waals surface area contributed by atoms with Gasteiger partial charge in [0, 0.05) is 18.4 Å². The fourth-order valence-electron chi connectivity index (χ4n) is 3.39. The van der Waals surface area contributed by atoms with Crippen LogP contribution in [0.1, 0.15) is 44.9 Å². The minimum Gasteiger partial charge on any atom is -0.244 e. The van der Waals surface area contributed by atoms with Crippen molar-refractivity contribution in [2.75, 3.05) is 0 Å². The molecule has 0 aliphatic heterocycles. The summed E-state index contributed by atoms with van der Waals surface area (Å²) in [5, 5.41) is 19.0. The van der Waals surface area contributed by atoms with Crippen molar-refractivity contribution in [3.8, 4) is 22.5 Å². The summed E-state index contributed by atoms with van der Waals surface area (Å²) in [7, 11) is 0. The third kappa shape index (κ3) is 3.94. The van der Waals surface area contributed by atoms with E-state index < -0.39 is 0 Å². The van der Waals surface area contributed by atoms with E-state index in [1.807, 2.05) is 22.9 Å². The first-order valence-electron chi connectivity index (χ1n) is 9.83. The Hall–Kier alpha value is -3.35. The molecule has 0 aliphatic rings. The lowest BCUT2D eigenvalue weighted by molar-refractivity contribution is 0.342. The Labute approximate surface area is 170 Å². The van der Waals surface area contributed by atoms with E-state index >= 15 is 0 Å². The second kappa shape index (κ2) is 7.58. The van der Waals surface area contributed by atoms with Gasteiger partial charge in [-0.15, -0.1) is 5.10 Å². The van der Waals surface area contributed by atoms with E-state index in [4.69, 9.17) is 4.98 Å². The Kier molecular flexibility index (Phi) is 4.96. The molecule has 4 aromatic rings. The van der Waals surface area contributed by atoms with E-state index in [-0.39, 0.29) is 5.54 Å². The summed E-state index contributed by atoms with van der Waals surface area (Å²) >= 11 is 0. The van der Waals surface area contributed by atoms with Crippen LogP contribution >= 0.6 is 0 Å². The second-order valence-corrected chi connectivity index (χ2v) is 8.05. The number of H-pyrrole nitrogens is 1. The molecule has 0 bridgehead atoms. The highest BCUT2D eigenvalue weighted by Crippen LogP contribution is 2.30. The average molecular weight is 387 g/mol. The lowest BCUT2D eigenvalue weighted by atomic mass is 9.97. The summed E-state index contributed by atoms with van der Waals surface area (Å²) in [6.45, 7) is 8.55. The fourth-order valence-corrected chi connectivity index (χ4v) is 3.39. The molecule has 0 saturated heterocycles. The van der Waals surface area contributed by atoms with Crippen LogP contribution in [-0.2, 0) is 18.4 Å². The van der Waals surface area contributed by atoms with Gasteiger partial charge in [-0.1, -0.05) is 55.5 Å². The molecule has 7 nitrogen and oxygen atoms in total. The van der Waals surface area contributed by atoms with Gasteiger partial charge in [0.25, 0.3) is 0 Å². The van der Waals surface area contributed by atoms with Crippen molar-refractivity contribution in [2.45, 2.75) is 46.1 Å². The molecule has 148 valence electrons. The largest absolute Gasteiger partial charge is 0.244 e. The number of nitrogens with zero attached hydrogens (tertiary/aromatic N) is 6. The Morgan fingerprint density at radius 2 is 1.69 bits per heavy atom. The van der Waals surface area contributed by atoms with Crippen LogP contribution in [0.4, 0.5) is 0 Å². The van der Waals surface area contributed by atoms with Crippen molar-refractivity contribution < 1.29 is 0 Å². The number of aryl methyl sites for hydroxylation is 1. The Balaban J connectivity index is 1.63. The van der Waals surface area contributed by atoms with Crippen LogP contribution in [0.2, 0.25) is 0 Å². The zero-order valence-corrected chi connectivity index (χ0v) is 17.2. The Morgan fingerprint density at radius 1 is 0.966 bits per heavy atom. The molecule has 7 heteroatoms. The van der Waals surface area contributed by atoms with Gasteiger partial charge in [0.15, 0.2) is 11.6 Å². The molecule has 0 saturated carbocycles. The standard InChI is InChI=1S/C22H25N7/c1-5-19-23-20(29(26-19)22(2,3)4)14-15-10-12-16(13-11-15)17-8-6-7-9-18(17)21-24-27-28-25-21/h6-13H,5,14H2,1-4H3,(H,24,25,27,28). The van der Waals surface area contributed by atoms with Gasteiger partial charge in [-0.3, -0.25) is 0 Å². The van der Waals surface area contributed by atoms with E-state index in [1.54, 1.807) is 0 Å². The van der Waals surface area contributed by atoms with E-state index in [0.717, 1.165) is 41.2 Å². The van der Waals surface area contributed by atoms with Crippen LogP contribution in [-0.4, -0.2) is 35.4 Å². The predicted molar refractivity (Wildman–Crippen MR) is 112 cm³/mol. The molecule has 2 aromatic carbocycles. The van der Waals surface area contributed by atoms with E-state index in [1.165, 1.54) is 5.56 Å². The van der Waals surface area contributed by atoms with Gasteiger partial charge in [-0.2, -0.15) is 5.10 Å². The zero-order chi connectivity index (χ0) is 20.4. The number of nitrogens with one attached hydrogen (secondary N) is 1. The number of hydrogen-bond donors (Lipinski definition) is 1. The molecule has 2 aromatic heterocycles. The number of tetrazole rings is 1. The van der Waals surface area contributed by atoms with Gasteiger partial charge in [0.2, 0.25) is 0 Å². The molecule has 0 unspecified atom stereocenters. The van der Waals surface area contributed by atoms with Crippen LogP contribution in [0.3, 0.4) is 0 Å². The third-order valence-electron chi connectivity index (χ3n) is 4.82. The number of benzene rings is 2. The van der Waals surface area contributed by atoms with E-state index in [2.05, 4.69) is 83.7 Å². The minimum atomic E-state index is -0.0975. The molecule has 0 radical (unpaired) electrons. The molecule has 0 amide bonds. The van der Waals surface area contributed by atoms with Crippen LogP contribution < -0.4 is 0 Å². The first kappa shape index (κ1) is 19.0. The maximum Gasteiger partial charge on any atom is 0.180 e.